The summed E-state index contributed by atoms with van der Waals surface area (Å²) in [5, 5.41) is 15.3. The molecule has 3 N–H and O–H groups in total. The first-order valence-corrected chi connectivity index (χ1v) is 7.71. The van der Waals surface area contributed by atoms with Crippen LogP contribution in [-0.2, 0) is 11.8 Å². The normalized spacial score (nSPS) is 10.9. The van der Waals surface area contributed by atoms with Gasteiger partial charge in [0.05, 0.1) is 17.7 Å². The fraction of sp³-hybridized carbons (Fsp3) is 0.231. The van der Waals surface area contributed by atoms with Gasteiger partial charge in [-0.3, -0.25) is 9.48 Å². The number of amides is 1. The van der Waals surface area contributed by atoms with E-state index in [1.807, 2.05) is 6.92 Å². The summed E-state index contributed by atoms with van der Waals surface area (Å²) in [6.07, 6.45) is 1.53. The predicted octanol–water partition coefficient (Wildman–Crippen LogP) is 1.02. The predicted molar refractivity (Wildman–Crippen MR) is 85.2 cm³/mol. The van der Waals surface area contributed by atoms with Crippen LogP contribution in [0.1, 0.15) is 5.69 Å². The molecule has 0 radical (unpaired) electrons. The van der Waals surface area contributed by atoms with Crippen molar-refractivity contribution in [3.63, 3.8) is 0 Å². The zero-order valence-corrected chi connectivity index (χ0v) is 13.4. The number of aromatic nitrogens is 5. The number of anilines is 1. The fourth-order valence-electron chi connectivity index (χ4n) is 1.99. The number of carbonyl (C=O) groups excluding carboxylic acids is 1. The number of hydrogen-bond donors (Lipinski definition) is 2. The second kappa shape index (κ2) is 6.16. The van der Waals surface area contributed by atoms with Crippen molar-refractivity contribution in [1.82, 2.24) is 24.7 Å². The van der Waals surface area contributed by atoms with Gasteiger partial charge in [-0.15, -0.1) is 10.2 Å². The quantitative estimate of drug-likeness (QED) is 0.529. The van der Waals surface area contributed by atoms with E-state index < -0.39 is 0 Å². The maximum atomic E-state index is 12.0. The third-order valence-electron chi connectivity index (χ3n) is 3.01. The van der Waals surface area contributed by atoms with Crippen molar-refractivity contribution in [2.45, 2.75) is 12.1 Å². The number of rotatable bonds is 5. The third kappa shape index (κ3) is 3.21. The van der Waals surface area contributed by atoms with Crippen LogP contribution in [0.2, 0.25) is 0 Å². The molecule has 3 aromatic heterocycles. The Morgan fingerprint density at radius 3 is 2.96 bits per heavy atom. The van der Waals surface area contributed by atoms with Gasteiger partial charge >= 0.3 is 0 Å². The number of nitrogens with zero attached hydrogens (tertiary/aromatic N) is 5. The summed E-state index contributed by atoms with van der Waals surface area (Å²) < 4.78 is 8.14. The van der Waals surface area contributed by atoms with Crippen molar-refractivity contribution >= 4 is 23.5 Å². The molecule has 0 aliphatic rings. The van der Waals surface area contributed by atoms with E-state index >= 15 is 0 Å². The highest BCUT2D eigenvalue weighted by molar-refractivity contribution is 7.99. The van der Waals surface area contributed by atoms with Gasteiger partial charge in [0.1, 0.15) is 5.82 Å². The van der Waals surface area contributed by atoms with Crippen LogP contribution in [0.15, 0.2) is 34.0 Å². The molecule has 9 nitrogen and oxygen atoms in total. The van der Waals surface area contributed by atoms with E-state index in [4.69, 9.17) is 10.3 Å². The maximum absolute atomic E-state index is 12.0. The second-order valence-corrected chi connectivity index (χ2v) is 5.73. The number of nitrogens with two attached hydrogens (primary N) is 1. The van der Waals surface area contributed by atoms with Gasteiger partial charge in [-0.05, 0) is 19.1 Å². The topological polar surface area (TPSA) is 117 Å². The van der Waals surface area contributed by atoms with E-state index in [1.165, 1.54) is 22.7 Å². The number of furan rings is 1. The Morgan fingerprint density at radius 1 is 1.48 bits per heavy atom. The molecule has 23 heavy (non-hydrogen) atoms. The lowest BCUT2D eigenvalue weighted by molar-refractivity contribution is -0.113. The molecule has 0 bridgehead atoms. The van der Waals surface area contributed by atoms with E-state index in [0.717, 1.165) is 5.69 Å². The summed E-state index contributed by atoms with van der Waals surface area (Å²) >= 11 is 1.19. The summed E-state index contributed by atoms with van der Waals surface area (Å²) in [5.41, 5.74) is 0.834. The number of carbonyl (C=O) groups is 1. The summed E-state index contributed by atoms with van der Waals surface area (Å²) in [6.45, 7) is 1.86. The smallest absolute Gasteiger partial charge is 0.235 e. The van der Waals surface area contributed by atoms with Gasteiger partial charge in [-0.25, -0.2) is 4.68 Å². The van der Waals surface area contributed by atoms with E-state index in [9.17, 15) is 4.79 Å². The highest BCUT2D eigenvalue weighted by Crippen LogP contribution is 2.21. The Kier molecular flexibility index (Phi) is 4.06. The molecule has 3 aromatic rings. The van der Waals surface area contributed by atoms with Gasteiger partial charge in [-0.1, -0.05) is 11.8 Å². The summed E-state index contributed by atoms with van der Waals surface area (Å²) in [7, 11) is 1.77. The van der Waals surface area contributed by atoms with Crippen LogP contribution in [-0.4, -0.2) is 36.3 Å². The molecule has 0 aromatic carbocycles. The number of aryl methyl sites for hydroxylation is 2. The Bertz CT molecular complexity index is 822. The van der Waals surface area contributed by atoms with Crippen molar-refractivity contribution in [2.24, 2.45) is 7.05 Å². The van der Waals surface area contributed by atoms with E-state index in [1.54, 1.807) is 29.9 Å². The van der Waals surface area contributed by atoms with Crippen molar-refractivity contribution in [2.75, 3.05) is 16.9 Å². The molecule has 3 rings (SSSR count). The average molecular weight is 333 g/mol. The molecule has 0 aliphatic carbocycles. The highest BCUT2D eigenvalue weighted by atomic mass is 32.2. The largest absolute Gasteiger partial charge is 0.461 e. The SMILES string of the molecule is Cc1cc(NC(=O)CSc2nnc(-c3ccco3)n2N)n(C)n1. The molecular weight excluding hydrogens is 318 g/mol. The standard InChI is InChI=1S/C13H15N7O2S/c1-8-6-10(19(2)18-8)15-11(21)7-23-13-17-16-12(20(13)14)9-4-3-5-22-9/h3-6H,7,14H2,1-2H3,(H,15,21). The fourth-order valence-corrected chi connectivity index (χ4v) is 2.64. The van der Waals surface area contributed by atoms with E-state index in [0.29, 0.717) is 22.6 Å². The van der Waals surface area contributed by atoms with Crippen LogP contribution < -0.4 is 11.2 Å². The van der Waals surface area contributed by atoms with Crippen molar-refractivity contribution in [1.29, 1.82) is 0 Å². The lowest BCUT2D eigenvalue weighted by atomic mass is 10.4. The van der Waals surface area contributed by atoms with Crippen LogP contribution in [0.25, 0.3) is 11.6 Å². The van der Waals surface area contributed by atoms with E-state index in [-0.39, 0.29) is 11.7 Å². The van der Waals surface area contributed by atoms with Crippen LogP contribution in [0.5, 0.6) is 0 Å². The molecule has 0 saturated heterocycles. The van der Waals surface area contributed by atoms with Gasteiger partial charge in [0.15, 0.2) is 5.76 Å². The molecule has 0 atom stereocenters. The first kappa shape index (κ1) is 15.2. The molecule has 0 aliphatic heterocycles. The van der Waals surface area contributed by atoms with Crippen molar-refractivity contribution in [3.8, 4) is 11.6 Å². The molecule has 0 fully saturated rings. The monoisotopic (exact) mass is 333 g/mol. The maximum Gasteiger partial charge on any atom is 0.235 e. The minimum Gasteiger partial charge on any atom is -0.461 e. The Labute approximate surface area is 135 Å². The Morgan fingerprint density at radius 2 is 2.30 bits per heavy atom. The first-order valence-electron chi connectivity index (χ1n) is 6.72. The number of nitrogens with one attached hydrogen (secondary N) is 1. The molecular formula is C13H15N7O2S. The Hall–Kier alpha value is -2.75. The molecule has 10 heteroatoms. The second-order valence-electron chi connectivity index (χ2n) is 4.78. The molecule has 3 heterocycles. The first-order chi connectivity index (χ1) is 11.0. The average Bonchev–Trinajstić information content (AvgIpc) is 3.19. The lowest BCUT2D eigenvalue weighted by Crippen LogP contribution is -2.18. The van der Waals surface area contributed by atoms with Crippen molar-refractivity contribution < 1.29 is 9.21 Å². The Balaban J connectivity index is 1.62. The van der Waals surface area contributed by atoms with Crippen molar-refractivity contribution in [3.05, 3.63) is 30.2 Å². The molecule has 0 unspecified atom stereocenters. The zero-order chi connectivity index (χ0) is 16.4. The summed E-state index contributed by atoms with van der Waals surface area (Å²) in [6, 6.07) is 5.27. The van der Waals surface area contributed by atoms with Crippen LogP contribution in [0, 0.1) is 6.92 Å². The molecule has 0 spiro atoms. The minimum absolute atomic E-state index is 0.151. The number of thioether (sulfide) groups is 1. The number of hydrogen-bond acceptors (Lipinski definition) is 7. The van der Waals surface area contributed by atoms with Gasteiger partial charge in [0.25, 0.3) is 0 Å². The summed E-state index contributed by atoms with van der Waals surface area (Å²) in [4.78, 5) is 12.0. The van der Waals surface area contributed by atoms with Crippen LogP contribution in [0.4, 0.5) is 5.82 Å². The highest BCUT2D eigenvalue weighted by Gasteiger charge is 2.16. The molecule has 1 amide bonds. The van der Waals surface area contributed by atoms with Gasteiger partial charge in [0.2, 0.25) is 16.9 Å². The van der Waals surface area contributed by atoms with Gasteiger partial charge < -0.3 is 15.6 Å². The number of nitrogen functional groups attached to an aromatic ring is 1. The van der Waals surface area contributed by atoms with Gasteiger partial charge in [0, 0.05) is 13.1 Å². The van der Waals surface area contributed by atoms with Crippen LogP contribution >= 0.6 is 11.8 Å². The molecule has 0 saturated carbocycles. The zero-order valence-electron chi connectivity index (χ0n) is 12.6. The van der Waals surface area contributed by atoms with E-state index in [2.05, 4.69) is 20.6 Å². The summed E-state index contributed by atoms with van der Waals surface area (Å²) in [5.74, 6) is 7.45. The minimum atomic E-state index is -0.180. The third-order valence-corrected chi connectivity index (χ3v) is 3.95. The molecule has 120 valence electrons. The van der Waals surface area contributed by atoms with Gasteiger partial charge in [-0.2, -0.15) is 5.10 Å². The van der Waals surface area contributed by atoms with Crippen LogP contribution in [0.3, 0.4) is 0 Å². The lowest BCUT2D eigenvalue weighted by Gasteiger charge is -2.05.